The monoisotopic (exact) mass is 413 g/mol. The van der Waals surface area contributed by atoms with Crippen LogP contribution in [0.5, 0.6) is 0 Å². The number of nitrogens with zero attached hydrogens (tertiary/aromatic N) is 2. The fourth-order valence-electron chi connectivity index (χ4n) is 2.20. The van der Waals surface area contributed by atoms with Crippen LogP contribution in [0.15, 0.2) is 52.5 Å². The topological polar surface area (TPSA) is 96.0 Å². The van der Waals surface area contributed by atoms with Gasteiger partial charge in [-0.1, -0.05) is 38.1 Å². The predicted molar refractivity (Wildman–Crippen MR) is 104 cm³/mol. The van der Waals surface area contributed by atoms with E-state index in [4.69, 9.17) is 0 Å². The van der Waals surface area contributed by atoms with Crippen LogP contribution in [0.2, 0.25) is 0 Å². The van der Waals surface area contributed by atoms with Crippen LogP contribution in [-0.2, 0) is 4.79 Å². The Kier molecular flexibility index (Phi) is 6.26. The molecule has 0 aliphatic rings. The van der Waals surface area contributed by atoms with Gasteiger partial charge in [0.25, 0.3) is 11.6 Å². The van der Waals surface area contributed by atoms with Gasteiger partial charge in [0.2, 0.25) is 0 Å². The van der Waals surface area contributed by atoms with Crippen LogP contribution in [0.1, 0.15) is 30.9 Å². The van der Waals surface area contributed by atoms with Gasteiger partial charge in [0.05, 0.1) is 10.6 Å². The molecule has 26 heavy (non-hydrogen) atoms. The molecule has 2 aromatic rings. The van der Waals surface area contributed by atoms with Crippen LogP contribution >= 0.6 is 15.9 Å². The van der Waals surface area contributed by atoms with E-state index < -0.39 is 10.8 Å². The zero-order valence-corrected chi connectivity index (χ0v) is 15.8. The predicted octanol–water partition coefficient (Wildman–Crippen LogP) is 5.03. The first-order chi connectivity index (χ1) is 12.3. The van der Waals surface area contributed by atoms with Crippen LogP contribution in [0.25, 0.3) is 6.08 Å². The summed E-state index contributed by atoms with van der Waals surface area (Å²) in [7, 11) is 0. The Balaban J connectivity index is 2.21. The van der Waals surface area contributed by atoms with E-state index in [1.165, 1.54) is 29.8 Å². The maximum absolute atomic E-state index is 12.3. The number of nitro groups is 1. The van der Waals surface area contributed by atoms with Crippen molar-refractivity contribution in [1.29, 1.82) is 5.26 Å². The Labute approximate surface area is 159 Å². The van der Waals surface area contributed by atoms with Crippen LogP contribution in [0.4, 0.5) is 11.4 Å². The summed E-state index contributed by atoms with van der Waals surface area (Å²) < 4.78 is 0.360. The maximum atomic E-state index is 12.3. The molecule has 0 radical (unpaired) electrons. The first-order valence-electron chi connectivity index (χ1n) is 7.79. The van der Waals surface area contributed by atoms with E-state index in [1.807, 2.05) is 30.3 Å². The van der Waals surface area contributed by atoms with E-state index in [-0.39, 0.29) is 11.3 Å². The first-order valence-corrected chi connectivity index (χ1v) is 8.58. The zero-order chi connectivity index (χ0) is 19.3. The summed E-state index contributed by atoms with van der Waals surface area (Å²) in [6.45, 7) is 4.17. The van der Waals surface area contributed by atoms with Crippen molar-refractivity contribution in [3.05, 3.63) is 73.8 Å². The third kappa shape index (κ3) is 4.77. The molecule has 132 valence electrons. The van der Waals surface area contributed by atoms with Crippen LogP contribution < -0.4 is 5.32 Å². The molecule has 0 atom stereocenters. The number of nitro benzene ring substituents is 1. The summed E-state index contributed by atoms with van der Waals surface area (Å²) in [5.74, 6) is -0.193. The summed E-state index contributed by atoms with van der Waals surface area (Å²) in [4.78, 5) is 22.6. The summed E-state index contributed by atoms with van der Waals surface area (Å²) >= 11 is 3.18. The second-order valence-electron chi connectivity index (χ2n) is 5.87. The normalized spacial score (nSPS) is 11.1. The van der Waals surface area contributed by atoms with E-state index in [0.29, 0.717) is 16.1 Å². The fraction of sp³-hybridized carbons (Fsp3) is 0.158. The lowest BCUT2D eigenvalue weighted by Gasteiger charge is -2.07. The number of benzene rings is 2. The highest BCUT2D eigenvalue weighted by molar-refractivity contribution is 9.10. The number of nitriles is 1. The van der Waals surface area contributed by atoms with Gasteiger partial charge < -0.3 is 5.32 Å². The molecule has 2 aromatic carbocycles. The minimum Gasteiger partial charge on any atom is -0.320 e. The molecule has 7 heteroatoms. The number of non-ortho nitro benzene ring substituents is 1. The standard InChI is InChI=1S/C19H16BrN3O3/c1-12(2)14-5-3-13(4-6-14)9-15(11-21)19(24)22-18-8-7-16(23(25)26)10-17(18)20/h3-10,12H,1-2H3,(H,22,24)/b15-9+. The minimum atomic E-state index is -0.588. The number of anilines is 1. The average molecular weight is 414 g/mol. The number of rotatable bonds is 5. The molecule has 1 N–H and O–H groups in total. The highest BCUT2D eigenvalue weighted by atomic mass is 79.9. The van der Waals surface area contributed by atoms with Crippen molar-refractivity contribution in [3.8, 4) is 6.07 Å². The average Bonchev–Trinajstić information content (AvgIpc) is 2.61. The molecule has 6 nitrogen and oxygen atoms in total. The van der Waals surface area contributed by atoms with E-state index in [1.54, 1.807) is 0 Å². The van der Waals surface area contributed by atoms with Gasteiger partial charge in [-0.2, -0.15) is 5.26 Å². The number of amides is 1. The number of carbonyl (C=O) groups is 1. The molecule has 0 unspecified atom stereocenters. The molecular weight excluding hydrogens is 398 g/mol. The third-order valence-corrected chi connectivity index (χ3v) is 4.35. The van der Waals surface area contributed by atoms with E-state index >= 15 is 0 Å². The highest BCUT2D eigenvalue weighted by Gasteiger charge is 2.14. The quantitative estimate of drug-likeness (QED) is 0.321. The summed E-state index contributed by atoms with van der Waals surface area (Å²) in [6, 6.07) is 13.5. The SMILES string of the molecule is CC(C)c1ccc(/C=C(\C#N)C(=O)Nc2ccc([N+](=O)[O-])cc2Br)cc1. The number of carbonyl (C=O) groups excluding carboxylic acids is 1. The molecule has 0 saturated carbocycles. The van der Waals surface area contributed by atoms with Crippen molar-refractivity contribution >= 4 is 39.3 Å². The van der Waals surface area contributed by atoms with Gasteiger partial charge in [-0.3, -0.25) is 14.9 Å². The molecule has 0 heterocycles. The smallest absolute Gasteiger partial charge is 0.270 e. The van der Waals surface area contributed by atoms with Gasteiger partial charge in [-0.15, -0.1) is 0 Å². The zero-order valence-electron chi connectivity index (χ0n) is 14.2. The van der Waals surface area contributed by atoms with Crippen LogP contribution in [0, 0.1) is 21.4 Å². The molecule has 2 rings (SSSR count). The molecule has 0 spiro atoms. The van der Waals surface area contributed by atoms with E-state index in [9.17, 15) is 20.2 Å². The Morgan fingerprint density at radius 3 is 2.42 bits per heavy atom. The van der Waals surface area contributed by atoms with Gasteiger partial charge >= 0.3 is 0 Å². The first kappa shape index (κ1) is 19.3. The van der Waals surface area contributed by atoms with Gasteiger partial charge in [-0.05, 0) is 45.1 Å². The molecule has 0 aliphatic carbocycles. The minimum absolute atomic E-state index is 0.0625. The van der Waals surface area contributed by atoms with Gasteiger partial charge in [-0.25, -0.2) is 0 Å². The maximum Gasteiger partial charge on any atom is 0.270 e. The summed E-state index contributed by atoms with van der Waals surface area (Å²) in [6.07, 6.45) is 1.50. The number of hydrogen-bond acceptors (Lipinski definition) is 4. The number of nitrogens with one attached hydrogen (secondary N) is 1. The van der Waals surface area contributed by atoms with E-state index in [0.717, 1.165) is 5.56 Å². The van der Waals surface area contributed by atoms with Crippen molar-refractivity contribution in [1.82, 2.24) is 0 Å². The largest absolute Gasteiger partial charge is 0.320 e. The molecule has 0 saturated heterocycles. The molecule has 1 amide bonds. The lowest BCUT2D eigenvalue weighted by atomic mass is 10.0. The number of hydrogen-bond donors (Lipinski definition) is 1. The molecule has 0 aromatic heterocycles. The Morgan fingerprint density at radius 2 is 1.92 bits per heavy atom. The Bertz CT molecular complexity index is 913. The van der Waals surface area contributed by atoms with Crippen molar-refractivity contribution in [2.24, 2.45) is 0 Å². The Hall–Kier alpha value is -2.98. The molecule has 0 aliphatic heterocycles. The van der Waals surface area contributed by atoms with Crippen molar-refractivity contribution in [3.63, 3.8) is 0 Å². The molecular formula is C19H16BrN3O3. The van der Waals surface area contributed by atoms with Crippen molar-refractivity contribution in [2.75, 3.05) is 5.32 Å². The van der Waals surface area contributed by atoms with Gasteiger partial charge in [0.15, 0.2) is 0 Å². The van der Waals surface area contributed by atoms with Gasteiger partial charge in [0, 0.05) is 16.6 Å². The summed E-state index contributed by atoms with van der Waals surface area (Å²) in [5.41, 5.74) is 2.09. The lowest BCUT2D eigenvalue weighted by Crippen LogP contribution is -2.13. The molecule has 0 fully saturated rings. The lowest BCUT2D eigenvalue weighted by molar-refractivity contribution is -0.384. The number of halogens is 1. The van der Waals surface area contributed by atoms with E-state index in [2.05, 4.69) is 35.1 Å². The Morgan fingerprint density at radius 1 is 1.27 bits per heavy atom. The molecule has 0 bridgehead atoms. The fourth-order valence-corrected chi connectivity index (χ4v) is 2.67. The second kappa shape index (κ2) is 8.41. The van der Waals surface area contributed by atoms with Crippen LogP contribution in [-0.4, -0.2) is 10.8 Å². The van der Waals surface area contributed by atoms with Crippen molar-refractivity contribution < 1.29 is 9.72 Å². The highest BCUT2D eigenvalue weighted by Crippen LogP contribution is 2.27. The van der Waals surface area contributed by atoms with Crippen LogP contribution in [0.3, 0.4) is 0 Å². The summed E-state index contributed by atoms with van der Waals surface area (Å²) in [5, 5.41) is 22.6. The second-order valence-corrected chi connectivity index (χ2v) is 6.72. The van der Waals surface area contributed by atoms with Gasteiger partial charge in [0.1, 0.15) is 11.6 Å². The van der Waals surface area contributed by atoms with Crippen molar-refractivity contribution in [2.45, 2.75) is 19.8 Å². The third-order valence-electron chi connectivity index (χ3n) is 3.69.